The Morgan fingerprint density at radius 1 is 1.00 bits per heavy atom. The minimum absolute atomic E-state index is 0.0183. The first-order valence-electron chi connectivity index (χ1n) is 6.41. The van der Waals surface area contributed by atoms with Crippen molar-refractivity contribution in [2.24, 2.45) is 5.73 Å². The van der Waals surface area contributed by atoms with Crippen LogP contribution in [0.25, 0.3) is 0 Å². The molecule has 0 atom stereocenters. The molecular formula is C16H18N2O. The number of anilines is 1. The highest BCUT2D eigenvalue weighted by atomic mass is 16.1. The summed E-state index contributed by atoms with van der Waals surface area (Å²) in [5.41, 5.74) is 8.57. The molecule has 2 aromatic carbocycles. The molecule has 3 N–H and O–H groups in total. The Bertz CT molecular complexity index is 537. The van der Waals surface area contributed by atoms with E-state index in [4.69, 9.17) is 5.73 Å². The van der Waals surface area contributed by atoms with E-state index in [2.05, 4.69) is 5.32 Å². The van der Waals surface area contributed by atoms with Gasteiger partial charge in [-0.3, -0.25) is 4.79 Å². The second-order valence-electron chi connectivity index (χ2n) is 4.40. The molecule has 0 fully saturated rings. The lowest BCUT2D eigenvalue weighted by atomic mass is 10.1. The molecule has 3 nitrogen and oxygen atoms in total. The first-order valence-corrected chi connectivity index (χ1v) is 6.41. The maximum atomic E-state index is 11.9. The lowest BCUT2D eigenvalue weighted by molar-refractivity contribution is -0.116. The van der Waals surface area contributed by atoms with E-state index in [0.29, 0.717) is 13.0 Å². The molecule has 0 aromatic heterocycles. The third-order valence-electron chi connectivity index (χ3n) is 2.99. The largest absolute Gasteiger partial charge is 0.326 e. The summed E-state index contributed by atoms with van der Waals surface area (Å²) in [6.45, 7) is 0.426. The average molecular weight is 254 g/mol. The van der Waals surface area contributed by atoms with Crippen LogP contribution in [-0.4, -0.2) is 5.91 Å². The van der Waals surface area contributed by atoms with Gasteiger partial charge in [-0.15, -0.1) is 0 Å². The van der Waals surface area contributed by atoms with Crippen LogP contribution in [0.2, 0.25) is 0 Å². The van der Waals surface area contributed by atoms with Crippen molar-refractivity contribution in [1.82, 2.24) is 0 Å². The Kier molecular flexibility index (Phi) is 4.70. The molecule has 0 spiro atoms. The number of hydrogen-bond acceptors (Lipinski definition) is 2. The van der Waals surface area contributed by atoms with E-state index in [-0.39, 0.29) is 5.91 Å². The molecule has 1 amide bonds. The Labute approximate surface area is 113 Å². The van der Waals surface area contributed by atoms with Crippen molar-refractivity contribution in [3.8, 4) is 0 Å². The highest BCUT2D eigenvalue weighted by Gasteiger charge is 2.05. The van der Waals surface area contributed by atoms with Crippen LogP contribution in [0.15, 0.2) is 54.6 Å². The Morgan fingerprint density at radius 2 is 1.68 bits per heavy atom. The third kappa shape index (κ3) is 3.93. The molecule has 0 heterocycles. The van der Waals surface area contributed by atoms with Crippen LogP contribution in [0.1, 0.15) is 17.5 Å². The van der Waals surface area contributed by atoms with Crippen molar-refractivity contribution in [3.05, 3.63) is 65.7 Å². The maximum absolute atomic E-state index is 11.9. The van der Waals surface area contributed by atoms with Crippen molar-refractivity contribution < 1.29 is 4.79 Å². The smallest absolute Gasteiger partial charge is 0.224 e. The molecule has 0 saturated carbocycles. The number of carbonyl (C=O) groups is 1. The molecule has 98 valence electrons. The van der Waals surface area contributed by atoms with Crippen LogP contribution in [0, 0.1) is 0 Å². The molecule has 0 unspecified atom stereocenters. The number of amides is 1. The van der Waals surface area contributed by atoms with Crippen LogP contribution in [0.5, 0.6) is 0 Å². The van der Waals surface area contributed by atoms with Gasteiger partial charge in [0.1, 0.15) is 0 Å². The van der Waals surface area contributed by atoms with E-state index in [1.54, 1.807) is 0 Å². The van der Waals surface area contributed by atoms with E-state index in [1.807, 2.05) is 54.6 Å². The van der Waals surface area contributed by atoms with Gasteiger partial charge in [-0.2, -0.15) is 0 Å². The van der Waals surface area contributed by atoms with Crippen molar-refractivity contribution in [2.45, 2.75) is 19.4 Å². The highest BCUT2D eigenvalue weighted by molar-refractivity contribution is 5.91. The molecule has 0 aliphatic carbocycles. The van der Waals surface area contributed by atoms with Gasteiger partial charge in [-0.25, -0.2) is 0 Å². The van der Waals surface area contributed by atoms with E-state index >= 15 is 0 Å². The van der Waals surface area contributed by atoms with Crippen molar-refractivity contribution >= 4 is 11.6 Å². The summed E-state index contributed by atoms with van der Waals surface area (Å²) < 4.78 is 0. The number of hydrogen-bond donors (Lipinski definition) is 2. The molecule has 2 rings (SSSR count). The molecule has 0 saturated heterocycles. The minimum atomic E-state index is 0.0183. The molecular weight excluding hydrogens is 236 g/mol. The van der Waals surface area contributed by atoms with Crippen LogP contribution in [0.4, 0.5) is 5.69 Å². The predicted molar refractivity (Wildman–Crippen MR) is 77.7 cm³/mol. The van der Waals surface area contributed by atoms with E-state index in [0.717, 1.165) is 17.7 Å². The number of para-hydroxylation sites is 1. The molecule has 19 heavy (non-hydrogen) atoms. The van der Waals surface area contributed by atoms with Crippen LogP contribution < -0.4 is 11.1 Å². The number of aryl methyl sites for hydroxylation is 1. The summed E-state index contributed by atoms with van der Waals surface area (Å²) >= 11 is 0. The quantitative estimate of drug-likeness (QED) is 0.862. The molecule has 0 bridgehead atoms. The minimum Gasteiger partial charge on any atom is -0.326 e. The summed E-state index contributed by atoms with van der Waals surface area (Å²) in [6, 6.07) is 17.6. The summed E-state index contributed by atoms with van der Waals surface area (Å²) in [6.07, 6.45) is 1.22. The van der Waals surface area contributed by atoms with E-state index in [9.17, 15) is 4.79 Å². The van der Waals surface area contributed by atoms with Crippen LogP contribution >= 0.6 is 0 Å². The van der Waals surface area contributed by atoms with Crippen LogP contribution in [0.3, 0.4) is 0 Å². The molecule has 0 aliphatic heterocycles. The Balaban J connectivity index is 1.91. The monoisotopic (exact) mass is 254 g/mol. The lowest BCUT2D eigenvalue weighted by Gasteiger charge is -2.09. The fourth-order valence-electron chi connectivity index (χ4n) is 1.94. The second-order valence-corrected chi connectivity index (χ2v) is 4.40. The van der Waals surface area contributed by atoms with Crippen molar-refractivity contribution in [1.29, 1.82) is 0 Å². The zero-order chi connectivity index (χ0) is 13.5. The van der Waals surface area contributed by atoms with Gasteiger partial charge < -0.3 is 11.1 Å². The fourth-order valence-corrected chi connectivity index (χ4v) is 1.94. The van der Waals surface area contributed by atoms with Gasteiger partial charge in [0, 0.05) is 18.7 Å². The number of nitrogens with one attached hydrogen (secondary N) is 1. The summed E-state index contributed by atoms with van der Waals surface area (Å²) in [4.78, 5) is 11.9. The molecule has 0 radical (unpaired) electrons. The Morgan fingerprint density at radius 3 is 2.42 bits per heavy atom. The van der Waals surface area contributed by atoms with Gasteiger partial charge in [0.15, 0.2) is 0 Å². The molecule has 2 aromatic rings. The van der Waals surface area contributed by atoms with Gasteiger partial charge in [0.2, 0.25) is 5.91 Å². The maximum Gasteiger partial charge on any atom is 0.224 e. The predicted octanol–water partition coefficient (Wildman–Crippen LogP) is 2.72. The summed E-state index contributed by atoms with van der Waals surface area (Å²) in [7, 11) is 0. The van der Waals surface area contributed by atoms with Crippen molar-refractivity contribution in [2.75, 3.05) is 5.32 Å². The molecule has 3 heteroatoms. The van der Waals surface area contributed by atoms with E-state index in [1.165, 1.54) is 5.56 Å². The van der Waals surface area contributed by atoms with Gasteiger partial charge in [-0.05, 0) is 23.6 Å². The standard InChI is InChI=1S/C16H18N2O/c17-12-14-8-4-5-9-15(14)18-16(19)11-10-13-6-2-1-3-7-13/h1-9H,10-12,17H2,(H,18,19). The lowest BCUT2D eigenvalue weighted by Crippen LogP contribution is -2.14. The molecule has 0 aliphatic rings. The highest BCUT2D eigenvalue weighted by Crippen LogP contribution is 2.14. The van der Waals surface area contributed by atoms with E-state index < -0.39 is 0 Å². The number of carbonyl (C=O) groups excluding carboxylic acids is 1. The number of nitrogens with two attached hydrogens (primary N) is 1. The number of benzene rings is 2. The zero-order valence-electron chi connectivity index (χ0n) is 10.8. The van der Waals surface area contributed by atoms with Gasteiger partial charge in [0.25, 0.3) is 0 Å². The summed E-state index contributed by atoms with van der Waals surface area (Å²) in [5, 5.41) is 2.91. The third-order valence-corrected chi connectivity index (χ3v) is 2.99. The van der Waals surface area contributed by atoms with Gasteiger partial charge >= 0.3 is 0 Å². The topological polar surface area (TPSA) is 55.1 Å². The first-order chi connectivity index (χ1) is 9.29. The summed E-state index contributed by atoms with van der Waals surface area (Å²) in [5.74, 6) is 0.0183. The van der Waals surface area contributed by atoms with Crippen LogP contribution in [-0.2, 0) is 17.8 Å². The second kappa shape index (κ2) is 6.71. The fraction of sp³-hybridized carbons (Fsp3) is 0.188. The average Bonchev–Trinajstić information content (AvgIpc) is 2.47. The normalized spacial score (nSPS) is 10.2. The van der Waals surface area contributed by atoms with Gasteiger partial charge in [0.05, 0.1) is 0 Å². The van der Waals surface area contributed by atoms with Gasteiger partial charge in [-0.1, -0.05) is 48.5 Å². The SMILES string of the molecule is NCc1ccccc1NC(=O)CCc1ccccc1. The first kappa shape index (κ1) is 13.3. The zero-order valence-corrected chi connectivity index (χ0v) is 10.8. The Hall–Kier alpha value is -2.13. The van der Waals surface area contributed by atoms with Crippen molar-refractivity contribution in [3.63, 3.8) is 0 Å². The number of rotatable bonds is 5.